The number of aromatic nitrogens is 2. The molecule has 0 amide bonds. The van der Waals surface area contributed by atoms with E-state index in [1.165, 1.54) is 7.11 Å². The maximum atomic E-state index is 12.8. The molecular weight excluding hydrogens is 332 g/mol. The molecular formula is C16H16N2O3S2. The summed E-state index contributed by atoms with van der Waals surface area (Å²) in [6.07, 6.45) is 2.41. The molecule has 0 atom stereocenters. The third kappa shape index (κ3) is 3.07. The molecule has 0 fully saturated rings. The van der Waals surface area contributed by atoms with E-state index in [1.807, 2.05) is 24.4 Å². The van der Waals surface area contributed by atoms with Crippen molar-refractivity contribution in [3.05, 3.63) is 39.1 Å². The van der Waals surface area contributed by atoms with Gasteiger partial charge >= 0.3 is 5.97 Å². The summed E-state index contributed by atoms with van der Waals surface area (Å²) < 4.78 is 6.20. The van der Waals surface area contributed by atoms with Gasteiger partial charge in [-0.1, -0.05) is 6.07 Å². The molecule has 3 aromatic heterocycles. The van der Waals surface area contributed by atoms with Crippen LogP contribution in [0.2, 0.25) is 0 Å². The summed E-state index contributed by atoms with van der Waals surface area (Å²) in [6.45, 7) is 2.47. The summed E-state index contributed by atoms with van der Waals surface area (Å²) in [5.41, 5.74) is 0.937. The fourth-order valence-electron chi connectivity index (χ4n) is 2.51. The molecule has 3 rings (SSSR count). The molecule has 23 heavy (non-hydrogen) atoms. The minimum atomic E-state index is -0.266. The molecule has 0 radical (unpaired) electrons. The number of esters is 1. The monoisotopic (exact) mass is 348 g/mol. The van der Waals surface area contributed by atoms with E-state index < -0.39 is 0 Å². The quantitative estimate of drug-likeness (QED) is 0.663. The number of thiophene rings is 2. The number of rotatable bonds is 5. The van der Waals surface area contributed by atoms with Gasteiger partial charge in [-0.25, -0.2) is 4.98 Å². The van der Waals surface area contributed by atoms with Crippen LogP contribution in [0.3, 0.4) is 0 Å². The topological polar surface area (TPSA) is 61.2 Å². The molecule has 0 N–H and O–H groups in total. The van der Waals surface area contributed by atoms with E-state index in [0.717, 1.165) is 20.1 Å². The molecule has 120 valence electrons. The summed E-state index contributed by atoms with van der Waals surface area (Å²) in [7, 11) is 1.36. The van der Waals surface area contributed by atoms with Crippen LogP contribution in [-0.4, -0.2) is 22.6 Å². The lowest BCUT2D eigenvalue weighted by molar-refractivity contribution is -0.140. The van der Waals surface area contributed by atoms with Gasteiger partial charge in [0.15, 0.2) is 0 Å². The van der Waals surface area contributed by atoms with Crippen LogP contribution in [0.4, 0.5) is 0 Å². The molecule has 0 spiro atoms. The lowest BCUT2D eigenvalue weighted by Crippen LogP contribution is -2.21. The van der Waals surface area contributed by atoms with Crippen LogP contribution < -0.4 is 5.56 Å². The summed E-state index contributed by atoms with van der Waals surface area (Å²) in [5.74, 6) is -0.266. The van der Waals surface area contributed by atoms with Gasteiger partial charge in [-0.2, -0.15) is 0 Å². The Morgan fingerprint density at radius 2 is 2.26 bits per heavy atom. The van der Waals surface area contributed by atoms with Crippen LogP contribution in [0.15, 0.2) is 28.6 Å². The summed E-state index contributed by atoms with van der Waals surface area (Å²) in [5, 5.41) is 2.68. The Kier molecular flexibility index (Phi) is 4.58. The number of hydrogen-bond acceptors (Lipinski definition) is 6. The molecule has 3 aromatic rings. The van der Waals surface area contributed by atoms with Crippen molar-refractivity contribution in [3.8, 4) is 10.4 Å². The molecule has 0 aliphatic carbocycles. The Hall–Kier alpha value is -1.99. The summed E-state index contributed by atoms with van der Waals surface area (Å²) in [6, 6.07) is 4.00. The summed E-state index contributed by atoms with van der Waals surface area (Å²) in [4.78, 5) is 31.4. The first-order valence-electron chi connectivity index (χ1n) is 7.21. The van der Waals surface area contributed by atoms with Gasteiger partial charge in [0.05, 0.1) is 18.8 Å². The van der Waals surface area contributed by atoms with Gasteiger partial charge in [-0.05, 0) is 24.8 Å². The second-order valence-electron chi connectivity index (χ2n) is 5.11. The van der Waals surface area contributed by atoms with E-state index in [1.54, 1.807) is 33.6 Å². The lowest BCUT2D eigenvalue weighted by atomic mass is 10.1. The normalized spacial score (nSPS) is 11.0. The van der Waals surface area contributed by atoms with Crippen molar-refractivity contribution in [2.75, 3.05) is 7.11 Å². The smallest absolute Gasteiger partial charge is 0.305 e. The van der Waals surface area contributed by atoms with Gasteiger partial charge in [-0.15, -0.1) is 22.7 Å². The average molecular weight is 348 g/mol. The predicted octanol–water partition coefficient (Wildman–Crippen LogP) is 3.45. The zero-order valence-electron chi connectivity index (χ0n) is 12.9. The molecule has 0 saturated heterocycles. The van der Waals surface area contributed by atoms with Crippen LogP contribution in [0, 0.1) is 6.92 Å². The number of aryl methyl sites for hydroxylation is 2. The number of nitrogens with zero attached hydrogens (tertiary/aromatic N) is 2. The van der Waals surface area contributed by atoms with Crippen molar-refractivity contribution in [2.45, 2.75) is 26.3 Å². The zero-order valence-corrected chi connectivity index (χ0v) is 14.5. The van der Waals surface area contributed by atoms with E-state index in [-0.39, 0.29) is 11.5 Å². The van der Waals surface area contributed by atoms with Crippen molar-refractivity contribution in [2.24, 2.45) is 0 Å². The maximum absolute atomic E-state index is 12.8. The van der Waals surface area contributed by atoms with Gasteiger partial charge in [0.25, 0.3) is 5.56 Å². The van der Waals surface area contributed by atoms with E-state index in [2.05, 4.69) is 9.72 Å². The van der Waals surface area contributed by atoms with Crippen molar-refractivity contribution in [1.82, 2.24) is 9.55 Å². The van der Waals surface area contributed by atoms with Crippen LogP contribution in [0.5, 0.6) is 0 Å². The van der Waals surface area contributed by atoms with Gasteiger partial charge in [0.2, 0.25) is 0 Å². The summed E-state index contributed by atoms with van der Waals surface area (Å²) >= 11 is 3.16. The zero-order chi connectivity index (χ0) is 16.4. The molecule has 5 nitrogen and oxygen atoms in total. The molecule has 3 heterocycles. The maximum Gasteiger partial charge on any atom is 0.305 e. The van der Waals surface area contributed by atoms with Gasteiger partial charge in [0.1, 0.15) is 4.83 Å². The van der Waals surface area contributed by atoms with Crippen molar-refractivity contribution in [3.63, 3.8) is 0 Å². The van der Waals surface area contributed by atoms with Gasteiger partial charge < -0.3 is 4.74 Å². The Bertz CT molecular complexity index is 894. The fourth-order valence-corrected chi connectivity index (χ4v) is 4.40. The minimum Gasteiger partial charge on any atom is -0.469 e. The molecule has 0 unspecified atom stereocenters. The minimum absolute atomic E-state index is 0.0485. The molecule has 0 saturated carbocycles. The second-order valence-corrected chi connectivity index (χ2v) is 7.26. The third-order valence-electron chi connectivity index (χ3n) is 3.63. The van der Waals surface area contributed by atoms with Crippen LogP contribution in [0.25, 0.3) is 20.7 Å². The van der Waals surface area contributed by atoms with Crippen molar-refractivity contribution in [1.29, 1.82) is 0 Å². The van der Waals surface area contributed by atoms with E-state index in [0.29, 0.717) is 24.8 Å². The molecule has 7 heteroatoms. The highest BCUT2D eigenvalue weighted by atomic mass is 32.1. The highest BCUT2D eigenvalue weighted by Crippen LogP contribution is 2.37. The molecule has 0 aliphatic rings. The fraction of sp³-hybridized carbons (Fsp3) is 0.312. The first kappa shape index (κ1) is 15.9. The molecule has 0 aliphatic heterocycles. The number of carbonyl (C=O) groups is 1. The molecule has 0 aromatic carbocycles. The van der Waals surface area contributed by atoms with Crippen molar-refractivity contribution < 1.29 is 9.53 Å². The third-order valence-corrected chi connectivity index (χ3v) is 5.53. The number of hydrogen-bond donors (Lipinski definition) is 0. The highest BCUT2D eigenvalue weighted by molar-refractivity contribution is 7.20. The van der Waals surface area contributed by atoms with Gasteiger partial charge in [-0.3, -0.25) is 14.2 Å². The van der Waals surface area contributed by atoms with Crippen molar-refractivity contribution >= 4 is 38.9 Å². The van der Waals surface area contributed by atoms with E-state index >= 15 is 0 Å². The van der Waals surface area contributed by atoms with E-state index in [4.69, 9.17) is 0 Å². The van der Waals surface area contributed by atoms with Crippen LogP contribution >= 0.6 is 22.7 Å². The number of methoxy groups -OCH3 is 1. The van der Waals surface area contributed by atoms with Gasteiger partial charge in [0, 0.05) is 28.3 Å². The Balaban J connectivity index is 2.00. The van der Waals surface area contributed by atoms with E-state index in [9.17, 15) is 9.59 Å². The Labute approximate surface area is 141 Å². The average Bonchev–Trinajstić information content (AvgIpc) is 3.16. The molecule has 0 bridgehead atoms. The second kappa shape index (κ2) is 6.64. The lowest BCUT2D eigenvalue weighted by Gasteiger charge is -2.05. The van der Waals surface area contributed by atoms with Crippen LogP contribution in [0.1, 0.15) is 17.7 Å². The highest BCUT2D eigenvalue weighted by Gasteiger charge is 2.17. The Morgan fingerprint density at radius 1 is 1.43 bits per heavy atom. The predicted molar refractivity (Wildman–Crippen MR) is 93.2 cm³/mol. The van der Waals surface area contributed by atoms with Crippen LogP contribution in [-0.2, 0) is 16.1 Å². The Morgan fingerprint density at radius 3 is 2.96 bits per heavy atom. The largest absolute Gasteiger partial charge is 0.469 e. The SMILES string of the molecule is COC(=O)CCCn1cnc2sc(C)c(-c3cccs3)c2c1=O. The first-order chi connectivity index (χ1) is 11.1. The standard InChI is InChI=1S/C16H16N2O3S2/c1-10-13(11-5-4-8-22-11)14-15(23-10)17-9-18(16(14)20)7-3-6-12(19)21-2/h4-5,8-9H,3,6-7H2,1-2H3. The number of ether oxygens (including phenoxy) is 1. The number of fused-ring (bicyclic) bond motifs is 1. The number of carbonyl (C=O) groups excluding carboxylic acids is 1. The first-order valence-corrected chi connectivity index (χ1v) is 8.90.